The van der Waals surface area contributed by atoms with Crippen molar-refractivity contribution >= 4 is 17.2 Å². The molecule has 2 heterocycles. The number of rotatable bonds is 12. The summed E-state index contributed by atoms with van der Waals surface area (Å²) >= 11 is 1.64. The van der Waals surface area contributed by atoms with Gasteiger partial charge in [0.2, 0.25) is 0 Å². The first-order chi connectivity index (χ1) is 15.6. The largest absolute Gasteiger partial charge is 0.494 e. The molecular formula is C26H33N3O2S. The Labute approximate surface area is 195 Å². The molecule has 0 fully saturated rings. The highest BCUT2D eigenvalue weighted by molar-refractivity contribution is 7.10. The van der Waals surface area contributed by atoms with Crippen LogP contribution in [0.2, 0.25) is 0 Å². The topological polar surface area (TPSA) is 55.3 Å². The van der Waals surface area contributed by atoms with Gasteiger partial charge in [0.25, 0.3) is 5.91 Å². The van der Waals surface area contributed by atoms with Gasteiger partial charge in [-0.3, -0.25) is 9.78 Å². The van der Waals surface area contributed by atoms with E-state index in [1.807, 2.05) is 23.6 Å². The number of carbonyl (C=O) groups excluding carboxylic acids is 1. The van der Waals surface area contributed by atoms with Crippen LogP contribution in [-0.4, -0.2) is 41.5 Å². The van der Waals surface area contributed by atoms with Crippen LogP contribution in [0.5, 0.6) is 5.75 Å². The summed E-state index contributed by atoms with van der Waals surface area (Å²) in [4.78, 5) is 22.5. The summed E-state index contributed by atoms with van der Waals surface area (Å²) in [6, 6.07) is 12.0. The first-order valence-electron chi connectivity index (χ1n) is 11.4. The standard InChI is InChI=1S/C26H33N3O2S/c1-4-5-6-7-8-9-16-31-22-13-10-20(11-14-22)17-25-28-24(19-32-25)21-12-15-23(27-18-21)26(30)29(2)3/h10-15,18-19H,4-9,16-17H2,1-3H3. The lowest BCUT2D eigenvalue weighted by Crippen LogP contribution is -2.22. The number of hydrogen-bond acceptors (Lipinski definition) is 5. The number of thiazole rings is 1. The summed E-state index contributed by atoms with van der Waals surface area (Å²) in [6.45, 7) is 3.03. The highest BCUT2D eigenvalue weighted by Crippen LogP contribution is 2.24. The van der Waals surface area contributed by atoms with E-state index in [4.69, 9.17) is 9.72 Å². The maximum atomic E-state index is 12.0. The van der Waals surface area contributed by atoms with Crippen LogP contribution in [0.25, 0.3) is 11.3 Å². The molecule has 0 saturated heterocycles. The summed E-state index contributed by atoms with van der Waals surface area (Å²) in [6.07, 6.45) is 10.1. The number of pyridine rings is 1. The van der Waals surface area contributed by atoms with E-state index in [2.05, 4.69) is 24.0 Å². The summed E-state index contributed by atoms with van der Waals surface area (Å²) in [7, 11) is 3.44. The molecule has 0 aliphatic heterocycles. The smallest absolute Gasteiger partial charge is 0.271 e. The molecule has 3 aromatic rings. The normalized spacial score (nSPS) is 10.8. The van der Waals surface area contributed by atoms with Gasteiger partial charge in [-0.1, -0.05) is 51.2 Å². The Morgan fingerprint density at radius 1 is 1.00 bits per heavy atom. The maximum Gasteiger partial charge on any atom is 0.271 e. The zero-order chi connectivity index (χ0) is 22.8. The highest BCUT2D eigenvalue weighted by Gasteiger charge is 2.11. The van der Waals surface area contributed by atoms with Gasteiger partial charge in [0.1, 0.15) is 11.4 Å². The molecule has 0 atom stereocenters. The van der Waals surface area contributed by atoms with Crippen LogP contribution in [-0.2, 0) is 6.42 Å². The average Bonchev–Trinajstić information content (AvgIpc) is 3.27. The molecule has 0 N–H and O–H groups in total. The van der Waals surface area contributed by atoms with E-state index >= 15 is 0 Å². The van der Waals surface area contributed by atoms with Crippen LogP contribution in [0, 0.1) is 0 Å². The minimum atomic E-state index is -0.102. The maximum absolute atomic E-state index is 12.0. The van der Waals surface area contributed by atoms with Gasteiger partial charge in [-0.05, 0) is 36.2 Å². The summed E-state index contributed by atoms with van der Waals surface area (Å²) in [5.74, 6) is 0.829. The number of hydrogen-bond donors (Lipinski definition) is 0. The molecule has 2 aromatic heterocycles. The molecule has 0 aliphatic rings. The van der Waals surface area contributed by atoms with Gasteiger partial charge in [0.05, 0.1) is 17.3 Å². The molecule has 0 radical (unpaired) electrons. The number of amides is 1. The molecule has 3 rings (SSSR count). The predicted molar refractivity (Wildman–Crippen MR) is 131 cm³/mol. The number of ether oxygens (including phenoxy) is 1. The molecule has 6 heteroatoms. The monoisotopic (exact) mass is 451 g/mol. The number of carbonyl (C=O) groups is 1. The Kier molecular flexibility index (Phi) is 9.23. The molecule has 0 spiro atoms. The second kappa shape index (κ2) is 12.3. The Bertz CT molecular complexity index is 965. The number of nitrogens with zero attached hydrogens (tertiary/aromatic N) is 3. The van der Waals surface area contributed by atoms with Gasteiger partial charge >= 0.3 is 0 Å². The van der Waals surface area contributed by atoms with Crippen molar-refractivity contribution in [2.24, 2.45) is 0 Å². The van der Waals surface area contributed by atoms with Gasteiger partial charge in [0.15, 0.2) is 0 Å². The number of benzene rings is 1. The lowest BCUT2D eigenvalue weighted by atomic mass is 10.1. The van der Waals surface area contributed by atoms with Gasteiger partial charge in [-0.25, -0.2) is 4.98 Å². The van der Waals surface area contributed by atoms with Gasteiger partial charge in [-0.15, -0.1) is 11.3 Å². The molecule has 32 heavy (non-hydrogen) atoms. The quantitative estimate of drug-likeness (QED) is 0.306. The third-order valence-corrected chi connectivity index (χ3v) is 6.13. The summed E-state index contributed by atoms with van der Waals surface area (Å²) < 4.78 is 5.87. The van der Waals surface area contributed by atoms with Crippen LogP contribution in [0.3, 0.4) is 0 Å². The molecule has 170 valence electrons. The highest BCUT2D eigenvalue weighted by atomic mass is 32.1. The third-order valence-electron chi connectivity index (χ3n) is 5.28. The van der Waals surface area contributed by atoms with E-state index in [0.29, 0.717) is 5.69 Å². The van der Waals surface area contributed by atoms with Crippen molar-refractivity contribution in [2.45, 2.75) is 51.9 Å². The van der Waals surface area contributed by atoms with Crippen LogP contribution in [0.15, 0.2) is 48.0 Å². The van der Waals surface area contributed by atoms with E-state index < -0.39 is 0 Å². The molecule has 1 aromatic carbocycles. The Hall–Kier alpha value is -2.73. The van der Waals surface area contributed by atoms with E-state index in [1.54, 1.807) is 37.7 Å². The van der Waals surface area contributed by atoms with Crippen LogP contribution in [0.4, 0.5) is 0 Å². The fraction of sp³-hybridized carbons (Fsp3) is 0.423. The Balaban J connectivity index is 1.48. The molecule has 0 bridgehead atoms. The van der Waals surface area contributed by atoms with Crippen molar-refractivity contribution in [1.29, 1.82) is 0 Å². The van der Waals surface area contributed by atoms with Crippen LogP contribution < -0.4 is 4.74 Å². The minimum absolute atomic E-state index is 0.102. The van der Waals surface area contributed by atoms with Crippen molar-refractivity contribution in [3.8, 4) is 17.0 Å². The second-order valence-electron chi connectivity index (χ2n) is 8.20. The number of unbranched alkanes of at least 4 members (excludes halogenated alkanes) is 5. The summed E-state index contributed by atoms with van der Waals surface area (Å²) in [5, 5.41) is 3.09. The lowest BCUT2D eigenvalue weighted by molar-refractivity contribution is 0.0822. The minimum Gasteiger partial charge on any atom is -0.494 e. The second-order valence-corrected chi connectivity index (χ2v) is 9.14. The van der Waals surface area contributed by atoms with Gasteiger partial charge in [-0.2, -0.15) is 0 Å². The van der Waals surface area contributed by atoms with Crippen LogP contribution in [0.1, 0.15) is 66.5 Å². The molecule has 1 amide bonds. The zero-order valence-corrected chi connectivity index (χ0v) is 20.2. The lowest BCUT2D eigenvalue weighted by Gasteiger charge is -2.09. The van der Waals surface area contributed by atoms with Crippen molar-refractivity contribution in [2.75, 3.05) is 20.7 Å². The van der Waals surface area contributed by atoms with Crippen LogP contribution >= 0.6 is 11.3 Å². The molecule has 5 nitrogen and oxygen atoms in total. The van der Waals surface area contributed by atoms with Gasteiger partial charge in [0, 0.05) is 37.7 Å². The Morgan fingerprint density at radius 2 is 1.75 bits per heavy atom. The average molecular weight is 452 g/mol. The van der Waals surface area contributed by atoms with Crippen molar-refractivity contribution in [3.05, 3.63) is 64.2 Å². The third kappa shape index (κ3) is 7.16. The summed E-state index contributed by atoms with van der Waals surface area (Å²) in [5.41, 5.74) is 3.46. The predicted octanol–water partition coefficient (Wildman–Crippen LogP) is 6.24. The van der Waals surface area contributed by atoms with E-state index in [0.717, 1.165) is 41.5 Å². The van der Waals surface area contributed by atoms with Crippen molar-refractivity contribution in [1.82, 2.24) is 14.9 Å². The fourth-order valence-corrected chi connectivity index (χ4v) is 4.21. The fourth-order valence-electron chi connectivity index (χ4n) is 3.38. The van der Waals surface area contributed by atoms with E-state index in [9.17, 15) is 4.79 Å². The first-order valence-corrected chi connectivity index (χ1v) is 12.3. The SMILES string of the molecule is CCCCCCCCOc1ccc(Cc2nc(-c3ccc(C(=O)N(C)C)nc3)cs2)cc1. The van der Waals surface area contributed by atoms with Crippen molar-refractivity contribution in [3.63, 3.8) is 0 Å². The number of aromatic nitrogens is 2. The first kappa shape index (κ1) is 23.9. The molecule has 0 saturated carbocycles. The molecule has 0 aliphatic carbocycles. The zero-order valence-electron chi connectivity index (χ0n) is 19.3. The van der Waals surface area contributed by atoms with Crippen molar-refractivity contribution < 1.29 is 9.53 Å². The van der Waals surface area contributed by atoms with Gasteiger partial charge < -0.3 is 9.64 Å². The molecular weight excluding hydrogens is 418 g/mol. The van der Waals surface area contributed by atoms with E-state index in [1.165, 1.54) is 42.6 Å². The Morgan fingerprint density at radius 3 is 2.44 bits per heavy atom. The molecule has 0 unspecified atom stereocenters. The van der Waals surface area contributed by atoms with E-state index in [-0.39, 0.29) is 5.91 Å².